The fourth-order valence-corrected chi connectivity index (χ4v) is 3.96. The molecule has 1 amide bonds. The van der Waals surface area contributed by atoms with Gasteiger partial charge in [-0.3, -0.25) is 9.98 Å². The lowest BCUT2D eigenvalue weighted by Gasteiger charge is -2.24. The third-order valence-electron chi connectivity index (χ3n) is 5.99. The molecule has 4 rings (SSSR count). The topological polar surface area (TPSA) is 129 Å². The molecule has 0 saturated carbocycles. The second-order valence-electron chi connectivity index (χ2n) is 10.5. The number of hydrogen-bond acceptors (Lipinski definition) is 9. The molecule has 1 aliphatic heterocycles. The number of aliphatic imine (C=N–C) groups is 1. The highest BCUT2D eigenvalue weighted by Crippen LogP contribution is 2.23. The summed E-state index contributed by atoms with van der Waals surface area (Å²) in [6.07, 6.45) is 7.05. The first-order valence-electron chi connectivity index (χ1n) is 12.5. The molecule has 0 bridgehead atoms. The molecular formula is C27H34N8O2. The highest BCUT2D eigenvalue weighted by atomic mass is 16.6. The smallest absolute Gasteiger partial charge is 0.410 e. The van der Waals surface area contributed by atoms with Gasteiger partial charge in [-0.25, -0.2) is 9.78 Å². The second-order valence-corrected chi connectivity index (χ2v) is 10.5. The normalized spacial score (nSPS) is 16.9. The van der Waals surface area contributed by atoms with Crippen LogP contribution in [0, 0.1) is 5.41 Å². The Morgan fingerprint density at radius 3 is 2.73 bits per heavy atom. The number of rotatable bonds is 7. The number of hydrogen-bond donors (Lipinski definition) is 2. The fourth-order valence-electron chi connectivity index (χ4n) is 3.96. The van der Waals surface area contributed by atoms with Crippen LogP contribution in [-0.2, 0) is 4.74 Å². The summed E-state index contributed by atoms with van der Waals surface area (Å²) >= 11 is 0. The van der Waals surface area contributed by atoms with E-state index in [-0.39, 0.29) is 18.1 Å². The minimum atomic E-state index is -0.526. The molecule has 2 N–H and O–H groups in total. The van der Waals surface area contributed by atoms with Crippen LogP contribution < -0.4 is 5.32 Å². The van der Waals surface area contributed by atoms with Crippen LogP contribution in [0.3, 0.4) is 0 Å². The van der Waals surface area contributed by atoms with E-state index in [1.165, 1.54) is 6.21 Å². The zero-order valence-corrected chi connectivity index (χ0v) is 22.0. The maximum absolute atomic E-state index is 12.3. The molecule has 0 spiro atoms. The van der Waals surface area contributed by atoms with E-state index in [1.807, 2.05) is 45.0 Å². The van der Waals surface area contributed by atoms with Gasteiger partial charge >= 0.3 is 6.09 Å². The number of aromatic nitrogens is 4. The Balaban J connectivity index is 1.46. The van der Waals surface area contributed by atoms with E-state index in [2.05, 4.69) is 39.3 Å². The highest BCUT2D eigenvalue weighted by molar-refractivity contribution is 5.90. The third kappa shape index (κ3) is 6.84. The van der Waals surface area contributed by atoms with E-state index in [1.54, 1.807) is 23.5 Å². The van der Waals surface area contributed by atoms with Gasteiger partial charge in [0, 0.05) is 31.7 Å². The lowest BCUT2D eigenvalue weighted by atomic mass is 10.0. The number of pyridine rings is 2. The van der Waals surface area contributed by atoms with Crippen LogP contribution in [-0.4, -0.2) is 68.3 Å². The van der Waals surface area contributed by atoms with Gasteiger partial charge in [-0.05, 0) is 68.5 Å². The molecule has 37 heavy (non-hydrogen) atoms. The Labute approximate surface area is 217 Å². The van der Waals surface area contributed by atoms with Crippen molar-refractivity contribution in [3.05, 3.63) is 47.8 Å². The minimum Gasteiger partial charge on any atom is -0.444 e. The summed E-state index contributed by atoms with van der Waals surface area (Å²) < 4.78 is 5.46. The molecule has 2 atom stereocenters. The number of fused-ring (bicyclic) bond motifs is 1. The first-order chi connectivity index (χ1) is 17.6. The minimum absolute atomic E-state index is 0.0278. The summed E-state index contributed by atoms with van der Waals surface area (Å²) in [7, 11) is 0. The van der Waals surface area contributed by atoms with Crippen molar-refractivity contribution in [1.82, 2.24) is 25.1 Å². The summed E-state index contributed by atoms with van der Waals surface area (Å²) in [4.78, 5) is 27.9. The fraction of sp³-hybridized carbons (Fsp3) is 0.444. The molecule has 10 heteroatoms. The molecule has 1 saturated heterocycles. The molecule has 10 nitrogen and oxygen atoms in total. The lowest BCUT2D eigenvalue weighted by molar-refractivity contribution is 0.0293. The SMILES string of the molecule is CC(C)c1cnnc(Nc2ccc3ncc(C(C=N)C=N[C@@H]4CCN(C(=O)OC(C)(C)C)C4)cc3n2)c1. The molecule has 3 aromatic heterocycles. The Morgan fingerprint density at radius 2 is 2.00 bits per heavy atom. The monoisotopic (exact) mass is 502 g/mol. The first-order valence-corrected chi connectivity index (χ1v) is 12.5. The van der Waals surface area contributed by atoms with Crippen molar-refractivity contribution in [2.45, 2.75) is 64.5 Å². The van der Waals surface area contributed by atoms with E-state index in [4.69, 9.17) is 15.1 Å². The quantitative estimate of drug-likeness (QED) is 0.430. The van der Waals surface area contributed by atoms with Gasteiger partial charge in [0.25, 0.3) is 0 Å². The van der Waals surface area contributed by atoms with Crippen molar-refractivity contribution in [1.29, 1.82) is 5.41 Å². The summed E-state index contributed by atoms with van der Waals surface area (Å²) in [6, 6.07) is 7.61. The van der Waals surface area contributed by atoms with E-state index < -0.39 is 5.60 Å². The van der Waals surface area contributed by atoms with Gasteiger partial charge < -0.3 is 20.4 Å². The molecule has 1 aliphatic rings. The molecule has 1 unspecified atom stereocenters. The highest BCUT2D eigenvalue weighted by Gasteiger charge is 2.29. The molecule has 0 aliphatic carbocycles. The summed E-state index contributed by atoms with van der Waals surface area (Å²) in [5.74, 6) is 1.26. The predicted molar refractivity (Wildman–Crippen MR) is 145 cm³/mol. The number of ether oxygens (including phenoxy) is 1. The number of amides is 1. The summed E-state index contributed by atoms with van der Waals surface area (Å²) in [5.41, 5.74) is 2.83. The number of nitrogens with one attached hydrogen (secondary N) is 2. The van der Waals surface area contributed by atoms with Crippen LogP contribution in [0.25, 0.3) is 11.0 Å². The molecular weight excluding hydrogens is 468 g/mol. The third-order valence-corrected chi connectivity index (χ3v) is 5.99. The number of likely N-dealkylation sites (tertiary alicyclic amines) is 1. The first kappa shape index (κ1) is 26.1. The van der Waals surface area contributed by atoms with E-state index in [9.17, 15) is 4.79 Å². The number of carbonyl (C=O) groups is 1. The van der Waals surface area contributed by atoms with Crippen molar-refractivity contribution in [2.24, 2.45) is 4.99 Å². The van der Waals surface area contributed by atoms with Gasteiger partial charge in [-0.2, -0.15) is 5.10 Å². The number of nitrogens with zero attached hydrogens (tertiary/aromatic N) is 6. The Hall–Kier alpha value is -3.95. The largest absolute Gasteiger partial charge is 0.444 e. The average molecular weight is 503 g/mol. The van der Waals surface area contributed by atoms with Crippen molar-refractivity contribution < 1.29 is 9.53 Å². The van der Waals surface area contributed by atoms with Crippen LogP contribution in [0.5, 0.6) is 0 Å². The van der Waals surface area contributed by atoms with Crippen LogP contribution in [0.15, 0.2) is 41.7 Å². The lowest BCUT2D eigenvalue weighted by Crippen LogP contribution is -2.35. The van der Waals surface area contributed by atoms with Crippen LogP contribution in [0.1, 0.15) is 64.0 Å². The van der Waals surface area contributed by atoms with Gasteiger partial charge in [0.15, 0.2) is 5.82 Å². The predicted octanol–water partition coefficient (Wildman–Crippen LogP) is 5.10. The maximum atomic E-state index is 12.3. The Morgan fingerprint density at radius 1 is 1.19 bits per heavy atom. The average Bonchev–Trinajstić information content (AvgIpc) is 3.33. The number of carbonyl (C=O) groups excluding carboxylic acids is 1. The Bertz CT molecular complexity index is 1300. The van der Waals surface area contributed by atoms with Gasteiger partial charge in [0.2, 0.25) is 0 Å². The van der Waals surface area contributed by atoms with Crippen LogP contribution in [0.2, 0.25) is 0 Å². The summed E-state index contributed by atoms with van der Waals surface area (Å²) in [5, 5.41) is 19.4. The van der Waals surface area contributed by atoms with E-state index in [0.29, 0.717) is 36.2 Å². The zero-order chi connectivity index (χ0) is 26.6. The molecule has 3 aromatic rings. The van der Waals surface area contributed by atoms with Crippen molar-refractivity contribution in [2.75, 3.05) is 18.4 Å². The van der Waals surface area contributed by atoms with Gasteiger partial charge in [-0.15, -0.1) is 5.10 Å². The van der Waals surface area contributed by atoms with Gasteiger partial charge in [-0.1, -0.05) is 13.8 Å². The van der Waals surface area contributed by atoms with Gasteiger partial charge in [0.05, 0.1) is 29.2 Å². The molecule has 0 radical (unpaired) electrons. The van der Waals surface area contributed by atoms with Crippen LogP contribution >= 0.6 is 0 Å². The molecule has 4 heterocycles. The molecule has 1 fully saturated rings. The van der Waals surface area contributed by atoms with Crippen molar-refractivity contribution in [3.8, 4) is 0 Å². The Kier molecular flexibility index (Phi) is 7.75. The van der Waals surface area contributed by atoms with Gasteiger partial charge in [0.1, 0.15) is 11.4 Å². The zero-order valence-electron chi connectivity index (χ0n) is 22.0. The van der Waals surface area contributed by atoms with Crippen LogP contribution in [0.4, 0.5) is 16.4 Å². The molecule has 0 aromatic carbocycles. The van der Waals surface area contributed by atoms with Crippen molar-refractivity contribution in [3.63, 3.8) is 0 Å². The summed E-state index contributed by atoms with van der Waals surface area (Å²) in [6.45, 7) is 10.9. The maximum Gasteiger partial charge on any atom is 0.410 e. The van der Waals surface area contributed by atoms with E-state index >= 15 is 0 Å². The van der Waals surface area contributed by atoms with Crippen molar-refractivity contribution >= 4 is 41.2 Å². The number of anilines is 2. The second kappa shape index (κ2) is 11.0. The molecule has 194 valence electrons. The standard InChI is InChI=1S/C27H34N8O2/c1-17(2)18-11-25(34-31-15-18)33-24-7-6-22-23(32-24)10-19(13-30-22)20(12-28)14-29-21-8-9-35(16-21)26(36)37-27(3,4)5/h6-7,10-15,17,20-21,28H,8-9,16H2,1-5H3,(H,32,33,34)/t20?,21-/m1/s1. The van der Waals surface area contributed by atoms with E-state index in [0.717, 1.165) is 23.1 Å².